The topological polar surface area (TPSA) is 107 Å². The van der Waals surface area contributed by atoms with Crippen molar-refractivity contribution in [2.45, 2.75) is 70.9 Å². The summed E-state index contributed by atoms with van der Waals surface area (Å²) in [6, 6.07) is 13.3. The van der Waals surface area contributed by atoms with Gasteiger partial charge in [-0.15, -0.1) is 10.2 Å². The molecule has 9 heteroatoms. The maximum Gasteiger partial charge on any atom is 0.320 e. The summed E-state index contributed by atoms with van der Waals surface area (Å²) in [7, 11) is 0. The number of rotatable bonds is 5. The number of hydrogen-bond donors (Lipinski definition) is 2. The Labute approximate surface area is 210 Å². The maximum atomic E-state index is 12.8. The van der Waals surface area contributed by atoms with E-state index in [1.807, 2.05) is 61.7 Å². The summed E-state index contributed by atoms with van der Waals surface area (Å²) in [5.41, 5.74) is 2.73. The third-order valence-electron chi connectivity index (χ3n) is 6.43. The Kier molecular flexibility index (Phi) is 6.15. The van der Waals surface area contributed by atoms with Gasteiger partial charge in [-0.3, -0.25) is 9.72 Å². The number of fused-ring (bicyclic) bond motifs is 2. The van der Waals surface area contributed by atoms with E-state index in [-0.39, 0.29) is 29.5 Å². The number of nitrogens with one attached hydrogen (secondary N) is 2. The van der Waals surface area contributed by atoms with E-state index in [9.17, 15) is 4.79 Å². The highest BCUT2D eigenvalue weighted by Crippen LogP contribution is 2.39. The van der Waals surface area contributed by atoms with Crippen molar-refractivity contribution in [3.8, 4) is 5.75 Å². The summed E-state index contributed by atoms with van der Waals surface area (Å²) in [5.74, 6) is 3.02. The summed E-state index contributed by atoms with van der Waals surface area (Å²) < 4.78 is 13.8. The Morgan fingerprint density at radius 1 is 1.11 bits per heavy atom. The average molecular weight is 489 g/mol. The van der Waals surface area contributed by atoms with Crippen LogP contribution in [0.25, 0.3) is 5.65 Å². The van der Waals surface area contributed by atoms with Gasteiger partial charge in [0.15, 0.2) is 11.5 Å². The average Bonchev–Trinajstić information content (AvgIpc) is 3.47. The van der Waals surface area contributed by atoms with Gasteiger partial charge in [0.05, 0.1) is 12.2 Å². The van der Waals surface area contributed by atoms with Crippen LogP contribution in [0, 0.1) is 0 Å². The van der Waals surface area contributed by atoms with Crippen LogP contribution in [0.1, 0.15) is 88.2 Å². The summed E-state index contributed by atoms with van der Waals surface area (Å²) in [6.45, 7) is 10.3. The van der Waals surface area contributed by atoms with Crippen LogP contribution in [0.4, 0.5) is 10.6 Å². The SMILES string of the molecule is CC(C)c1nnc2ccc(OC3CCC(NC(=O)Nc4cc(C(C)(C)C)on4)c4ccccc43)cn12. The second-order valence-corrected chi connectivity index (χ2v) is 10.6. The summed E-state index contributed by atoms with van der Waals surface area (Å²) in [6.07, 6.45) is 3.34. The van der Waals surface area contributed by atoms with Crippen LogP contribution in [0.15, 0.2) is 53.2 Å². The minimum Gasteiger partial charge on any atom is -0.484 e. The number of carbonyl (C=O) groups excluding carboxylic acids is 1. The number of urea groups is 1. The van der Waals surface area contributed by atoms with Crippen molar-refractivity contribution in [2.24, 2.45) is 0 Å². The van der Waals surface area contributed by atoms with E-state index in [0.717, 1.165) is 41.2 Å². The minimum atomic E-state index is -0.317. The molecule has 0 saturated heterocycles. The monoisotopic (exact) mass is 488 g/mol. The minimum absolute atomic E-state index is 0.122. The zero-order valence-corrected chi connectivity index (χ0v) is 21.3. The molecule has 9 nitrogen and oxygen atoms in total. The zero-order valence-electron chi connectivity index (χ0n) is 21.3. The van der Waals surface area contributed by atoms with Gasteiger partial charge in [0.25, 0.3) is 0 Å². The molecule has 0 radical (unpaired) electrons. The van der Waals surface area contributed by atoms with Crippen LogP contribution in [-0.4, -0.2) is 25.8 Å². The van der Waals surface area contributed by atoms with Crippen molar-refractivity contribution in [3.63, 3.8) is 0 Å². The standard InChI is InChI=1S/C27H32N6O3/c1-16(2)25-31-30-24-13-10-17(15-33(24)25)35-21-12-11-20(18-8-6-7-9-19(18)21)28-26(34)29-23-14-22(36-32-23)27(3,4)5/h6-10,13-16,20-21H,11-12H2,1-5H3,(H2,28,29,32,34). The van der Waals surface area contributed by atoms with Crippen LogP contribution >= 0.6 is 0 Å². The number of hydrogen-bond acceptors (Lipinski definition) is 6. The second-order valence-electron chi connectivity index (χ2n) is 10.6. The summed E-state index contributed by atoms with van der Waals surface area (Å²) in [5, 5.41) is 18.4. The number of carbonyl (C=O) groups is 1. The van der Waals surface area contributed by atoms with Gasteiger partial charge in [0.2, 0.25) is 0 Å². The fourth-order valence-corrected chi connectivity index (χ4v) is 4.54. The predicted molar refractivity (Wildman–Crippen MR) is 136 cm³/mol. The van der Waals surface area contributed by atoms with E-state index in [2.05, 4.69) is 45.9 Å². The fraction of sp³-hybridized carbons (Fsp3) is 0.407. The molecule has 4 aromatic rings. The van der Waals surface area contributed by atoms with Gasteiger partial charge < -0.3 is 14.6 Å². The number of anilines is 1. The molecule has 0 fully saturated rings. The van der Waals surface area contributed by atoms with Gasteiger partial charge in [-0.25, -0.2) is 4.79 Å². The smallest absolute Gasteiger partial charge is 0.320 e. The van der Waals surface area contributed by atoms with Gasteiger partial charge in [-0.2, -0.15) is 0 Å². The molecule has 0 saturated carbocycles. The second kappa shape index (κ2) is 9.29. The van der Waals surface area contributed by atoms with E-state index < -0.39 is 0 Å². The molecular formula is C27H32N6O3. The quantitative estimate of drug-likeness (QED) is 0.361. The lowest BCUT2D eigenvalue weighted by Crippen LogP contribution is -2.35. The highest BCUT2D eigenvalue weighted by Gasteiger charge is 2.30. The predicted octanol–water partition coefficient (Wildman–Crippen LogP) is 5.91. The number of ether oxygens (including phenoxy) is 1. The number of amides is 2. The van der Waals surface area contributed by atoms with Gasteiger partial charge in [0, 0.05) is 17.4 Å². The van der Waals surface area contributed by atoms with E-state index in [4.69, 9.17) is 9.26 Å². The van der Waals surface area contributed by atoms with Crippen molar-refractivity contribution in [2.75, 3.05) is 5.32 Å². The molecule has 1 aliphatic rings. The molecule has 2 unspecified atom stereocenters. The summed E-state index contributed by atoms with van der Waals surface area (Å²) in [4.78, 5) is 12.8. The Morgan fingerprint density at radius 3 is 2.61 bits per heavy atom. The van der Waals surface area contributed by atoms with Crippen LogP contribution in [-0.2, 0) is 5.41 Å². The molecular weight excluding hydrogens is 456 g/mol. The molecule has 1 aromatic carbocycles. The molecule has 2 atom stereocenters. The van der Waals surface area contributed by atoms with Gasteiger partial charge >= 0.3 is 6.03 Å². The first kappa shape index (κ1) is 23.8. The van der Waals surface area contributed by atoms with Crippen molar-refractivity contribution in [1.29, 1.82) is 0 Å². The first-order valence-electron chi connectivity index (χ1n) is 12.3. The molecule has 0 aliphatic heterocycles. The molecule has 3 heterocycles. The highest BCUT2D eigenvalue weighted by atomic mass is 16.5. The molecule has 2 amide bonds. The van der Waals surface area contributed by atoms with Gasteiger partial charge in [-0.1, -0.05) is 64.0 Å². The van der Waals surface area contributed by atoms with E-state index in [1.165, 1.54) is 0 Å². The largest absolute Gasteiger partial charge is 0.484 e. The van der Waals surface area contributed by atoms with E-state index in [0.29, 0.717) is 11.6 Å². The van der Waals surface area contributed by atoms with E-state index >= 15 is 0 Å². The van der Waals surface area contributed by atoms with Crippen LogP contribution in [0.5, 0.6) is 5.75 Å². The number of benzene rings is 1. The van der Waals surface area contributed by atoms with Crippen LogP contribution < -0.4 is 15.4 Å². The number of aromatic nitrogens is 4. The molecule has 0 spiro atoms. The molecule has 188 valence electrons. The normalized spacial score (nSPS) is 17.7. The first-order chi connectivity index (χ1) is 17.2. The molecule has 5 rings (SSSR count). The van der Waals surface area contributed by atoms with Crippen LogP contribution in [0.2, 0.25) is 0 Å². The Morgan fingerprint density at radius 2 is 1.89 bits per heavy atom. The zero-order chi connectivity index (χ0) is 25.4. The Bertz CT molecular complexity index is 1380. The maximum absolute atomic E-state index is 12.8. The Balaban J connectivity index is 1.30. The molecule has 2 N–H and O–H groups in total. The number of nitrogens with zero attached hydrogens (tertiary/aromatic N) is 4. The van der Waals surface area contributed by atoms with Gasteiger partial charge in [-0.05, 0) is 36.1 Å². The Hall–Kier alpha value is -3.88. The molecule has 3 aromatic heterocycles. The molecule has 36 heavy (non-hydrogen) atoms. The first-order valence-corrected chi connectivity index (χ1v) is 12.3. The van der Waals surface area contributed by atoms with Crippen molar-refractivity contribution in [1.82, 2.24) is 25.1 Å². The lowest BCUT2D eigenvalue weighted by molar-refractivity contribution is 0.171. The van der Waals surface area contributed by atoms with Crippen LogP contribution in [0.3, 0.4) is 0 Å². The summed E-state index contributed by atoms with van der Waals surface area (Å²) >= 11 is 0. The third-order valence-corrected chi connectivity index (χ3v) is 6.43. The number of pyridine rings is 1. The molecule has 0 bridgehead atoms. The van der Waals surface area contributed by atoms with Crippen molar-refractivity contribution >= 4 is 17.5 Å². The van der Waals surface area contributed by atoms with E-state index in [1.54, 1.807) is 6.07 Å². The lowest BCUT2D eigenvalue weighted by Gasteiger charge is -2.32. The van der Waals surface area contributed by atoms with Gasteiger partial charge in [0.1, 0.15) is 23.4 Å². The third kappa shape index (κ3) is 4.78. The molecule has 1 aliphatic carbocycles. The van der Waals surface area contributed by atoms with Crippen molar-refractivity contribution < 1.29 is 14.1 Å². The lowest BCUT2D eigenvalue weighted by atomic mass is 9.85. The van der Waals surface area contributed by atoms with Crippen molar-refractivity contribution in [3.05, 3.63) is 71.4 Å². The highest BCUT2D eigenvalue weighted by molar-refractivity contribution is 5.88. The fourth-order valence-electron chi connectivity index (χ4n) is 4.54.